The van der Waals surface area contributed by atoms with Gasteiger partial charge in [0, 0.05) is 12.2 Å². The van der Waals surface area contributed by atoms with E-state index in [1.165, 1.54) is 0 Å². The van der Waals surface area contributed by atoms with Crippen molar-refractivity contribution in [3.63, 3.8) is 0 Å². The summed E-state index contributed by atoms with van der Waals surface area (Å²) in [6.45, 7) is 8.34. The molecule has 1 aromatic rings. The molecule has 0 aliphatic carbocycles. The molecule has 0 spiro atoms. The van der Waals surface area contributed by atoms with E-state index in [9.17, 15) is 0 Å². The maximum absolute atomic E-state index is 6.10. The van der Waals surface area contributed by atoms with Crippen molar-refractivity contribution in [2.24, 2.45) is 11.7 Å². The predicted molar refractivity (Wildman–Crippen MR) is 66.4 cm³/mol. The van der Waals surface area contributed by atoms with Crippen molar-refractivity contribution in [2.45, 2.75) is 46.3 Å². The molecule has 1 heterocycles. The van der Waals surface area contributed by atoms with Gasteiger partial charge in [0.2, 0.25) is 0 Å². The summed E-state index contributed by atoms with van der Waals surface area (Å²) < 4.78 is 5.59. The van der Waals surface area contributed by atoms with Crippen LogP contribution in [0.25, 0.3) is 0 Å². The van der Waals surface area contributed by atoms with E-state index in [1.54, 1.807) is 6.20 Å². The first-order valence-corrected chi connectivity index (χ1v) is 5.86. The molecule has 1 atom stereocenters. The quantitative estimate of drug-likeness (QED) is 0.833. The Morgan fingerprint density at radius 1 is 1.25 bits per heavy atom. The largest absolute Gasteiger partial charge is 0.489 e. The monoisotopic (exact) mass is 222 g/mol. The van der Waals surface area contributed by atoms with Crippen LogP contribution in [0.5, 0.6) is 5.75 Å². The molecule has 0 aliphatic rings. The molecule has 1 aromatic heterocycles. The van der Waals surface area contributed by atoms with E-state index < -0.39 is 0 Å². The second-order valence-corrected chi connectivity index (χ2v) is 4.86. The Morgan fingerprint density at radius 2 is 1.94 bits per heavy atom. The highest BCUT2D eigenvalue weighted by atomic mass is 16.5. The number of rotatable bonds is 5. The van der Waals surface area contributed by atoms with Crippen LogP contribution in [-0.4, -0.2) is 11.1 Å². The summed E-state index contributed by atoms with van der Waals surface area (Å²) >= 11 is 0. The van der Waals surface area contributed by atoms with Gasteiger partial charge in [0.25, 0.3) is 0 Å². The van der Waals surface area contributed by atoms with Gasteiger partial charge in [-0.3, -0.25) is 4.98 Å². The Kier molecular flexibility index (Phi) is 4.74. The van der Waals surface area contributed by atoms with Gasteiger partial charge in [-0.2, -0.15) is 0 Å². The lowest BCUT2D eigenvalue weighted by Crippen LogP contribution is -2.14. The van der Waals surface area contributed by atoms with Gasteiger partial charge in [-0.1, -0.05) is 13.8 Å². The molecule has 0 aliphatic heterocycles. The van der Waals surface area contributed by atoms with Crippen molar-refractivity contribution in [3.05, 3.63) is 24.0 Å². The van der Waals surface area contributed by atoms with Gasteiger partial charge >= 0.3 is 0 Å². The normalized spacial score (nSPS) is 13.2. The lowest BCUT2D eigenvalue weighted by Gasteiger charge is -2.16. The molecule has 0 aromatic carbocycles. The molecule has 3 nitrogen and oxygen atoms in total. The van der Waals surface area contributed by atoms with Crippen LogP contribution in [0, 0.1) is 5.92 Å². The van der Waals surface area contributed by atoms with Crippen molar-refractivity contribution >= 4 is 0 Å². The molecule has 16 heavy (non-hydrogen) atoms. The average molecular weight is 222 g/mol. The fourth-order valence-corrected chi connectivity index (χ4v) is 1.62. The lowest BCUT2D eigenvalue weighted by molar-refractivity contribution is 0.241. The Morgan fingerprint density at radius 3 is 2.50 bits per heavy atom. The van der Waals surface area contributed by atoms with Crippen molar-refractivity contribution in [3.8, 4) is 5.75 Å². The Balaban J connectivity index is 2.73. The number of aromatic nitrogens is 1. The maximum Gasteiger partial charge on any atom is 0.138 e. The lowest BCUT2D eigenvalue weighted by atomic mass is 9.99. The number of ether oxygens (including phenoxy) is 1. The Hall–Kier alpha value is -1.09. The molecule has 0 saturated carbocycles. The Labute approximate surface area is 98.0 Å². The van der Waals surface area contributed by atoms with E-state index in [-0.39, 0.29) is 12.1 Å². The van der Waals surface area contributed by atoms with E-state index in [0.29, 0.717) is 5.92 Å². The number of hydrogen-bond donors (Lipinski definition) is 1. The van der Waals surface area contributed by atoms with Gasteiger partial charge in [-0.25, -0.2) is 0 Å². The van der Waals surface area contributed by atoms with Crippen LogP contribution < -0.4 is 10.5 Å². The highest BCUT2D eigenvalue weighted by Crippen LogP contribution is 2.21. The maximum atomic E-state index is 6.10. The molecule has 90 valence electrons. The van der Waals surface area contributed by atoms with Crippen molar-refractivity contribution in [1.82, 2.24) is 4.98 Å². The van der Waals surface area contributed by atoms with Crippen molar-refractivity contribution < 1.29 is 4.74 Å². The molecule has 0 saturated heterocycles. The number of nitrogens with two attached hydrogens (primary N) is 1. The molecular formula is C13H22N2O. The zero-order chi connectivity index (χ0) is 12.1. The van der Waals surface area contributed by atoms with Crippen molar-refractivity contribution in [2.75, 3.05) is 0 Å². The van der Waals surface area contributed by atoms with Gasteiger partial charge < -0.3 is 10.5 Å². The van der Waals surface area contributed by atoms with Crippen LogP contribution in [0.1, 0.15) is 45.7 Å². The molecule has 1 rings (SSSR count). The Bertz CT molecular complexity index is 323. The highest BCUT2D eigenvalue weighted by molar-refractivity contribution is 5.26. The topological polar surface area (TPSA) is 48.1 Å². The summed E-state index contributed by atoms with van der Waals surface area (Å²) in [5, 5.41) is 0. The van der Waals surface area contributed by atoms with Crippen LogP contribution in [0.3, 0.4) is 0 Å². The fraction of sp³-hybridized carbons (Fsp3) is 0.615. The summed E-state index contributed by atoms with van der Waals surface area (Å²) in [5.74, 6) is 1.39. The number of hydrogen-bond acceptors (Lipinski definition) is 3. The first-order valence-electron chi connectivity index (χ1n) is 5.86. The van der Waals surface area contributed by atoms with E-state index >= 15 is 0 Å². The minimum Gasteiger partial charge on any atom is -0.489 e. The SMILES string of the molecule is CC(C)CC(N)c1cncc(OC(C)C)c1. The van der Waals surface area contributed by atoms with Gasteiger partial charge in [0.1, 0.15) is 5.75 Å². The third-order valence-electron chi connectivity index (χ3n) is 2.26. The van der Waals surface area contributed by atoms with Crippen LogP contribution in [0.4, 0.5) is 0 Å². The molecule has 0 amide bonds. The zero-order valence-corrected chi connectivity index (χ0v) is 10.6. The van der Waals surface area contributed by atoms with Crippen LogP contribution in [0.2, 0.25) is 0 Å². The van der Waals surface area contributed by atoms with Gasteiger partial charge in [-0.05, 0) is 37.8 Å². The number of pyridine rings is 1. The fourth-order valence-electron chi connectivity index (χ4n) is 1.62. The molecular weight excluding hydrogens is 200 g/mol. The third kappa shape index (κ3) is 4.19. The smallest absolute Gasteiger partial charge is 0.138 e. The molecule has 1 unspecified atom stereocenters. The molecule has 0 radical (unpaired) electrons. The first kappa shape index (κ1) is 13.0. The van der Waals surface area contributed by atoms with Crippen LogP contribution >= 0.6 is 0 Å². The number of nitrogens with zero attached hydrogens (tertiary/aromatic N) is 1. The minimum absolute atomic E-state index is 0.0446. The minimum atomic E-state index is 0.0446. The summed E-state index contributed by atoms with van der Waals surface area (Å²) in [4.78, 5) is 4.16. The summed E-state index contributed by atoms with van der Waals surface area (Å²) in [6.07, 6.45) is 4.68. The second-order valence-electron chi connectivity index (χ2n) is 4.86. The summed E-state index contributed by atoms with van der Waals surface area (Å²) in [7, 11) is 0. The molecule has 2 N–H and O–H groups in total. The summed E-state index contributed by atoms with van der Waals surface area (Å²) in [6, 6.07) is 2.03. The van der Waals surface area contributed by atoms with E-state index in [0.717, 1.165) is 17.7 Å². The zero-order valence-electron chi connectivity index (χ0n) is 10.6. The summed E-state index contributed by atoms with van der Waals surface area (Å²) in [5.41, 5.74) is 7.15. The van der Waals surface area contributed by atoms with Crippen LogP contribution in [-0.2, 0) is 0 Å². The van der Waals surface area contributed by atoms with E-state index in [4.69, 9.17) is 10.5 Å². The molecule has 0 bridgehead atoms. The van der Waals surface area contributed by atoms with E-state index in [1.807, 2.05) is 26.1 Å². The third-order valence-corrected chi connectivity index (χ3v) is 2.26. The van der Waals surface area contributed by atoms with Crippen molar-refractivity contribution in [1.29, 1.82) is 0 Å². The predicted octanol–water partition coefficient (Wildman–Crippen LogP) is 2.91. The molecule has 3 heteroatoms. The van der Waals surface area contributed by atoms with Gasteiger partial charge in [-0.15, -0.1) is 0 Å². The molecule has 0 fully saturated rings. The second kappa shape index (κ2) is 5.85. The standard InChI is InChI=1S/C13H22N2O/c1-9(2)5-13(14)11-6-12(8-15-7-11)16-10(3)4/h6-10,13H,5,14H2,1-4H3. The highest BCUT2D eigenvalue weighted by Gasteiger charge is 2.10. The van der Waals surface area contributed by atoms with Crippen LogP contribution in [0.15, 0.2) is 18.5 Å². The van der Waals surface area contributed by atoms with Gasteiger partial charge in [0.05, 0.1) is 12.3 Å². The first-order chi connectivity index (χ1) is 7.49. The average Bonchev–Trinajstić information content (AvgIpc) is 2.16. The van der Waals surface area contributed by atoms with E-state index in [2.05, 4.69) is 18.8 Å². The van der Waals surface area contributed by atoms with Gasteiger partial charge in [0.15, 0.2) is 0 Å².